The van der Waals surface area contributed by atoms with Crippen molar-refractivity contribution in [1.82, 2.24) is 9.97 Å². The molecule has 100 valence electrons. The van der Waals surface area contributed by atoms with Gasteiger partial charge in [0.25, 0.3) is 0 Å². The summed E-state index contributed by atoms with van der Waals surface area (Å²) in [6, 6.07) is 0. The van der Waals surface area contributed by atoms with Crippen molar-refractivity contribution in [3.8, 4) is 0 Å². The minimum Gasteiger partial charge on any atom is -0.383 e. The molecule has 1 fully saturated rings. The number of aromatic nitrogens is 2. The quantitative estimate of drug-likeness (QED) is 0.812. The lowest BCUT2D eigenvalue weighted by Gasteiger charge is -2.16. The predicted octanol–water partition coefficient (Wildman–Crippen LogP) is 2.92. The lowest BCUT2D eigenvalue weighted by atomic mass is 10.0. The summed E-state index contributed by atoms with van der Waals surface area (Å²) in [5, 5.41) is 3.48. The van der Waals surface area contributed by atoms with Gasteiger partial charge >= 0.3 is 0 Å². The molecular weight excluding hydrogens is 224 g/mol. The van der Waals surface area contributed by atoms with E-state index in [9.17, 15) is 0 Å². The molecule has 0 spiro atoms. The van der Waals surface area contributed by atoms with Crippen molar-refractivity contribution in [3.63, 3.8) is 0 Å². The highest BCUT2D eigenvalue weighted by Crippen LogP contribution is 2.48. The summed E-state index contributed by atoms with van der Waals surface area (Å²) >= 11 is 0. The van der Waals surface area contributed by atoms with Crippen LogP contribution >= 0.6 is 0 Å². The molecular formula is C14H24N4. The minimum absolute atomic E-state index is 0.511. The second kappa shape index (κ2) is 5.12. The van der Waals surface area contributed by atoms with Gasteiger partial charge in [0.05, 0.1) is 0 Å². The van der Waals surface area contributed by atoms with E-state index in [2.05, 4.69) is 29.1 Å². The summed E-state index contributed by atoms with van der Waals surface area (Å²) in [5.74, 6) is 2.38. The molecule has 4 heteroatoms. The molecule has 0 aromatic carbocycles. The number of aryl methyl sites for hydroxylation is 1. The van der Waals surface area contributed by atoms with Crippen LogP contribution < -0.4 is 11.1 Å². The Kier molecular flexibility index (Phi) is 3.73. The first-order valence-electron chi connectivity index (χ1n) is 6.97. The monoisotopic (exact) mass is 248 g/mol. The molecule has 1 aliphatic rings. The zero-order valence-electron chi connectivity index (χ0n) is 11.7. The maximum absolute atomic E-state index is 5.95. The minimum atomic E-state index is 0.511. The van der Waals surface area contributed by atoms with Gasteiger partial charge in [-0.05, 0) is 38.0 Å². The Bertz CT molecular complexity index is 424. The van der Waals surface area contributed by atoms with Gasteiger partial charge in [0.2, 0.25) is 0 Å². The van der Waals surface area contributed by atoms with Gasteiger partial charge in [-0.3, -0.25) is 0 Å². The highest BCUT2D eigenvalue weighted by molar-refractivity contribution is 5.55. The molecule has 1 saturated carbocycles. The van der Waals surface area contributed by atoms with E-state index >= 15 is 0 Å². The molecule has 0 bridgehead atoms. The fourth-order valence-electron chi connectivity index (χ4n) is 2.19. The lowest BCUT2D eigenvalue weighted by Crippen LogP contribution is -2.17. The second-order valence-corrected chi connectivity index (χ2v) is 5.46. The highest BCUT2D eigenvalue weighted by atomic mass is 15.1. The molecule has 1 aliphatic carbocycles. The maximum Gasteiger partial charge on any atom is 0.134 e. The number of nitrogens with one attached hydrogen (secondary N) is 1. The molecule has 0 saturated heterocycles. The molecule has 0 aliphatic heterocycles. The maximum atomic E-state index is 5.95. The lowest BCUT2D eigenvalue weighted by molar-refractivity contribution is 0.520. The number of anilines is 2. The van der Waals surface area contributed by atoms with Crippen LogP contribution in [-0.4, -0.2) is 16.5 Å². The average Bonchev–Trinajstić information content (AvgIpc) is 3.13. The van der Waals surface area contributed by atoms with E-state index in [1.54, 1.807) is 0 Å². The summed E-state index contributed by atoms with van der Waals surface area (Å²) in [6.07, 6.45) is 5.83. The standard InChI is InChI=1S/C14H24N4/c1-4-6-11-17-12(15)10(3)13(18-11)16-9-14(5-2)7-8-14/h4-9H2,1-3H3,(H3,15,16,17,18). The van der Waals surface area contributed by atoms with E-state index in [0.717, 1.165) is 36.6 Å². The van der Waals surface area contributed by atoms with Crippen molar-refractivity contribution in [3.05, 3.63) is 11.4 Å². The molecule has 0 amide bonds. The first-order valence-corrected chi connectivity index (χ1v) is 6.97. The Labute approximate surface area is 109 Å². The Balaban J connectivity index is 2.10. The van der Waals surface area contributed by atoms with Gasteiger partial charge in [0, 0.05) is 18.5 Å². The highest BCUT2D eigenvalue weighted by Gasteiger charge is 2.40. The number of nitrogens with zero attached hydrogens (tertiary/aromatic N) is 2. The van der Waals surface area contributed by atoms with Crippen LogP contribution in [0.5, 0.6) is 0 Å². The number of nitrogen functional groups attached to an aromatic ring is 1. The zero-order chi connectivity index (χ0) is 13.2. The predicted molar refractivity (Wildman–Crippen MR) is 75.6 cm³/mol. The van der Waals surface area contributed by atoms with Crippen molar-refractivity contribution in [2.24, 2.45) is 5.41 Å². The van der Waals surface area contributed by atoms with Crippen LogP contribution in [0.15, 0.2) is 0 Å². The summed E-state index contributed by atoms with van der Waals surface area (Å²) in [7, 11) is 0. The summed E-state index contributed by atoms with van der Waals surface area (Å²) < 4.78 is 0. The topological polar surface area (TPSA) is 63.8 Å². The van der Waals surface area contributed by atoms with Crippen molar-refractivity contribution >= 4 is 11.6 Å². The van der Waals surface area contributed by atoms with Crippen molar-refractivity contribution in [1.29, 1.82) is 0 Å². The molecule has 3 N–H and O–H groups in total. The van der Waals surface area contributed by atoms with E-state index in [4.69, 9.17) is 5.73 Å². The normalized spacial score (nSPS) is 16.6. The summed E-state index contributed by atoms with van der Waals surface area (Å²) in [5.41, 5.74) is 7.43. The molecule has 0 radical (unpaired) electrons. The van der Waals surface area contributed by atoms with E-state index in [0.29, 0.717) is 11.2 Å². The first kappa shape index (κ1) is 13.1. The summed E-state index contributed by atoms with van der Waals surface area (Å²) in [4.78, 5) is 8.92. The van der Waals surface area contributed by atoms with Crippen LogP contribution in [0.4, 0.5) is 11.6 Å². The Morgan fingerprint density at radius 1 is 1.28 bits per heavy atom. The molecule has 4 nitrogen and oxygen atoms in total. The first-order chi connectivity index (χ1) is 8.60. The van der Waals surface area contributed by atoms with Gasteiger partial charge < -0.3 is 11.1 Å². The number of nitrogens with two attached hydrogens (primary N) is 1. The fourth-order valence-corrected chi connectivity index (χ4v) is 2.19. The van der Waals surface area contributed by atoms with Crippen LogP contribution in [0.3, 0.4) is 0 Å². The third kappa shape index (κ3) is 2.74. The average molecular weight is 248 g/mol. The molecule has 0 atom stereocenters. The van der Waals surface area contributed by atoms with Crippen LogP contribution in [0, 0.1) is 12.3 Å². The van der Waals surface area contributed by atoms with Crippen molar-refractivity contribution in [2.45, 2.75) is 52.9 Å². The summed E-state index contributed by atoms with van der Waals surface area (Å²) in [6.45, 7) is 7.38. The molecule has 18 heavy (non-hydrogen) atoms. The van der Waals surface area contributed by atoms with E-state index < -0.39 is 0 Å². The third-order valence-electron chi connectivity index (χ3n) is 4.04. The largest absolute Gasteiger partial charge is 0.383 e. The van der Waals surface area contributed by atoms with E-state index in [1.807, 2.05) is 6.92 Å². The zero-order valence-corrected chi connectivity index (χ0v) is 11.7. The number of hydrogen-bond acceptors (Lipinski definition) is 4. The molecule has 1 aromatic heterocycles. The number of hydrogen-bond donors (Lipinski definition) is 2. The Morgan fingerprint density at radius 3 is 2.56 bits per heavy atom. The van der Waals surface area contributed by atoms with E-state index in [1.165, 1.54) is 19.3 Å². The smallest absolute Gasteiger partial charge is 0.134 e. The van der Waals surface area contributed by atoms with Gasteiger partial charge in [0.15, 0.2) is 0 Å². The van der Waals surface area contributed by atoms with Gasteiger partial charge in [-0.15, -0.1) is 0 Å². The van der Waals surface area contributed by atoms with Crippen molar-refractivity contribution < 1.29 is 0 Å². The van der Waals surface area contributed by atoms with Crippen LogP contribution in [0.2, 0.25) is 0 Å². The SMILES string of the molecule is CCCc1nc(N)c(C)c(NCC2(CC)CC2)n1. The second-order valence-electron chi connectivity index (χ2n) is 5.46. The fraction of sp³-hybridized carbons (Fsp3) is 0.714. The van der Waals surface area contributed by atoms with Gasteiger partial charge in [-0.25, -0.2) is 9.97 Å². The van der Waals surface area contributed by atoms with Crippen LogP contribution in [0.1, 0.15) is 50.9 Å². The molecule has 2 rings (SSSR count). The molecule has 0 unspecified atom stereocenters. The van der Waals surface area contributed by atoms with Gasteiger partial charge in [-0.1, -0.05) is 13.8 Å². The Hall–Kier alpha value is -1.32. The molecule has 1 aromatic rings. The Morgan fingerprint density at radius 2 is 2.00 bits per heavy atom. The van der Waals surface area contributed by atoms with Gasteiger partial charge in [0.1, 0.15) is 17.5 Å². The van der Waals surface area contributed by atoms with Crippen molar-refractivity contribution in [2.75, 3.05) is 17.6 Å². The third-order valence-corrected chi connectivity index (χ3v) is 4.04. The number of rotatable bonds is 6. The molecule has 1 heterocycles. The van der Waals surface area contributed by atoms with Gasteiger partial charge in [-0.2, -0.15) is 0 Å². The van der Waals surface area contributed by atoms with Crippen LogP contribution in [-0.2, 0) is 6.42 Å². The van der Waals surface area contributed by atoms with Crippen LogP contribution in [0.25, 0.3) is 0 Å². The van der Waals surface area contributed by atoms with E-state index in [-0.39, 0.29) is 0 Å².